The summed E-state index contributed by atoms with van der Waals surface area (Å²) in [4.78, 5) is 10.8. The minimum Gasteiger partial charge on any atom is -0.492 e. The van der Waals surface area contributed by atoms with Crippen molar-refractivity contribution in [2.24, 2.45) is 0 Å². The number of halogens is 1. The number of aromatic hydroxyl groups is 1. The van der Waals surface area contributed by atoms with E-state index in [2.05, 4.69) is 44.1 Å². The van der Waals surface area contributed by atoms with Crippen molar-refractivity contribution < 1.29 is 9.50 Å². The molecule has 1 saturated heterocycles. The summed E-state index contributed by atoms with van der Waals surface area (Å²) in [5.74, 6) is 0.573. The second kappa shape index (κ2) is 8.97. The smallest absolute Gasteiger partial charge is 0.230 e. The first-order valence-corrected chi connectivity index (χ1v) is 11.8. The van der Waals surface area contributed by atoms with Gasteiger partial charge in [0.05, 0.1) is 10.9 Å². The Balaban J connectivity index is 1.42. The number of nitrogens with zero attached hydrogens (tertiary/aromatic N) is 5. The zero-order chi connectivity index (χ0) is 22.1. The van der Waals surface area contributed by atoms with Gasteiger partial charge in [-0.3, -0.25) is 9.80 Å². The Bertz CT molecular complexity index is 1180. The lowest BCUT2D eigenvalue weighted by Crippen LogP contribution is -2.47. The fraction of sp³-hybridized carbons (Fsp3) is 0.333. The molecule has 0 saturated carbocycles. The van der Waals surface area contributed by atoms with Crippen LogP contribution in [0.25, 0.3) is 4.96 Å². The Morgan fingerprint density at radius 3 is 2.41 bits per heavy atom. The van der Waals surface area contributed by atoms with Crippen LogP contribution in [-0.2, 0) is 13.0 Å². The molecule has 0 amide bonds. The van der Waals surface area contributed by atoms with Crippen molar-refractivity contribution in [1.82, 2.24) is 24.4 Å². The van der Waals surface area contributed by atoms with Crippen LogP contribution >= 0.6 is 11.3 Å². The van der Waals surface area contributed by atoms with Crippen molar-refractivity contribution in [3.05, 3.63) is 82.2 Å². The zero-order valence-corrected chi connectivity index (χ0v) is 18.8. The molecule has 6 nitrogen and oxygen atoms in total. The molecule has 32 heavy (non-hydrogen) atoms. The van der Waals surface area contributed by atoms with Gasteiger partial charge in [0.15, 0.2) is 5.82 Å². The number of hydrogen-bond acceptors (Lipinski definition) is 6. The third-order valence-corrected chi connectivity index (χ3v) is 7.09. The summed E-state index contributed by atoms with van der Waals surface area (Å²) >= 11 is 1.45. The Hall–Kier alpha value is -2.81. The molecule has 5 rings (SSSR count). The van der Waals surface area contributed by atoms with Crippen molar-refractivity contribution in [1.29, 1.82) is 0 Å². The molecule has 1 atom stereocenters. The summed E-state index contributed by atoms with van der Waals surface area (Å²) in [6.07, 6.45) is 0.716. The van der Waals surface area contributed by atoms with Crippen LogP contribution in [0.4, 0.5) is 4.39 Å². The second-order valence-corrected chi connectivity index (χ2v) is 9.13. The van der Waals surface area contributed by atoms with Crippen molar-refractivity contribution in [3.8, 4) is 5.88 Å². The molecule has 0 spiro atoms. The van der Waals surface area contributed by atoms with Gasteiger partial charge in [0.25, 0.3) is 0 Å². The van der Waals surface area contributed by atoms with E-state index in [4.69, 9.17) is 0 Å². The summed E-state index contributed by atoms with van der Waals surface area (Å²) < 4.78 is 15.2. The maximum Gasteiger partial charge on any atom is 0.230 e. The Kier molecular flexibility index (Phi) is 5.91. The Labute approximate surface area is 190 Å². The van der Waals surface area contributed by atoms with Gasteiger partial charge in [-0.05, 0) is 23.3 Å². The first kappa shape index (κ1) is 21.1. The summed E-state index contributed by atoms with van der Waals surface area (Å²) in [6, 6.07) is 16.9. The molecule has 0 bridgehead atoms. The number of hydrogen-bond donors (Lipinski definition) is 1. The van der Waals surface area contributed by atoms with Crippen molar-refractivity contribution in [2.45, 2.75) is 25.9 Å². The van der Waals surface area contributed by atoms with Gasteiger partial charge in [-0.15, -0.1) is 5.10 Å². The average molecular weight is 452 g/mol. The van der Waals surface area contributed by atoms with Crippen LogP contribution in [0.1, 0.15) is 34.8 Å². The number of piperazine rings is 1. The van der Waals surface area contributed by atoms with Gasteiger partial charge in [0.1, 0.15) is 5.82 Å². The van der Waals surface area contributed by atoms with Gasteiger partial charge in [-0.1, -0.05) is 60.7 Å². The van der Waals surface area contributed by atoms with E-state index in [1.54, 1.807) is 0 Å². The first-order valence-electron chi connectivity index (χ1n) is 11.0. The molecule has 1 N–H and O–H groups in total. The molecule has 0 aliphatic carbocycles. The molecule has 0 radical (unpaired) electrons. The third-order valence-electron chi connectivity index (χ3n) is 6.01. The molecule has 2 aromatic heterocycles. The standard InChI is InChI=1S/C24H26FN5OS/c1-2-20-26-24-30(27-20)23(31)22(32-24)21(18-8-10-19(25)11-9-18)29-14-12-28(13-15-29)16-17-6-4-3-5-7-17/h3-11,21,31H,2,12-16H2,1H3/t21-/m0/s1. The van der Waals surface area contributed by atoms with E-state index in [0.717, 1.165) is 43.2 Å². The van der Waals surface area contributed by atoms with Crippen LogP contribution < -0.4 is 0 Å². The summed E-state index contributed by atoms with van der Waals surface area (Å²) in [7, 11) is 0. The predicted molar refractivity (Wildman–Crippen MR) is 123 cm³/mol. The molecule has 3 heterocycles. The lowest BCUT2D eigenvalue weighted by molar-refractivity contribution is 0.105. The summed E-state index contributed by atoms with van der Waals surface area (Å²) in [5, 5.41) is 15.4. The van der Waals surface area contributed by atoms with Crippen LogP contribution in [0.5, 0.6) is 5.88 Å². The number of aryl methyl sites for hydroxylation is 1. The molecular formula is C24H26FN5OS. The van der Waals surface area contributed by atoms with Gasteiger partial charge in [0.2, 0.25) is 10.8 Å². The van der Waals surface area contributed by atoms with Gasteiger partial charge in [0, 0.05) is 39.1 Å². The molecule has 0 unspecified atom stereocenters. The topological polar surface area (TPSA) is 56.9 Å². The Morgan fingerprint density at radius 2 is 1.75 bits per heavy atom. The van der Waals surface area contributed by atoms with Crippen molar-refractivity contribution >= 4 is 16.3 Å². The van der Waals surface area contributed by atoms with E-state index >= 15 is 0 Å². The molecular weight excluding hydrogens is 425 g/mol. The lowest BCUT2D eigenvalue weighted by atomic mass is 10.0. The third kappa shape index (κ3) is 4.13. The largest absolute Gasteiger partial charge is 0.492 e. The van der Waals surface area contributed by atoms with Gasteiger partial charge < -0.3 is 5.11 Å². The fourth-order valence-corrected chi connectivity index (χ4v) is 5.45. The molecule has 1 fully saturated rings. The average Bonchev–Trinajstić information content (AvgIpc) is 3.36. The normalized spacial score (nSPS) is 16.6. The van der Waals surface area contributed by atoms with Crippen LogP contribution in [0, 0.1) is 5.82 Å². The zero-order valence-electron chi connectivity index (χ0n) is 18.0. The van der Waals surface area contributed by atoms with Gasteiger partial charge in [-0.25, -0.2) is 9.37 Å². The van der Waals surface area contributed by atoms with E-state index in [1.165, 1.54) is 33.5 Å². The number of fused-ring (bicyclic) bond motifs is 1. The second-order valence-electron chi connectivity index (χ2n) is 8.12. The highest BCUT2D eigenvalue weighted by molar-refractivity contribution is 7.17. The van der Waals surface area contributed by atoms with Gasteiger partial charge in [-0.2, -0.15) is 4.52 Å². The predicted octanol–water partition coefficient (Wildman–Crippen LogP) is 4.11. The highest BCUT2D eigenvalue weighted by Crippen LogP contribution is 2.40. The van der Waals surface area contributed by atoms with E-state index in [9.17, 15) is 9.50 Å². The molecule has 166 valence electrons. The first-order chi connectivity index (χ1) is 15.6. The van der Waals surface area contributed by atoms with Crippen LogP contribution in [0.2, 0.25) is 0 Å². The number of rotatable bonds is 6. The van der Waals surface area contributed by atoms with Gasteiger partial charge >= 0.3 is 0 Å². The molecule has 4 aromatic rings. The summed E-state index contributed by atoms with van der Waals surface area (Å²) in [6.45, 7) is 6.47. The number of thiazole rings is 1. The van der Waals surface area contributed by atoms with Crippen molar-refractivity contribution in [2.75, 3.05) is 26.2 Å². The van der Waals surface area contributed by atoms with Crippen molar-refractivity contribution in [3.63, 3.8) is 0 Å². The van der Waals surface area contributed by atoms with E-state index in [0.29, 0.717) is 17.2 Å². The van der Waals surface area contributed by atoms with Crippen LogP contribution in [0.15, 0.2) is 54.6 Å². The lowest BCUT2D eigenvalue weighted by Gasteiger charge is -2.39. The maximum absolute atomic E-state index is 13.6. The fourth-order valence-electron chi connectivity index (χ4n) is 4.31. The van der Waals surface area contributed by atoms with Crippen LogP contribution in [0.3, 0.4) is 0 Å². The molecule has 2 aromatic carbocycles. The van der Waals surface area contributed by atoms with E-state index in [-0.39, 0.29) is 17.7 Å². The SMILES string of the molecule is CCc1nc2sc([C@H](c3ccc(F)cc3)N3CCN(Cc4ccccc4)CC3)c(O)n2n1. The quantitative estimate of drug-likeness (QED) is 0.478. The Morgan fingerprint density at radius 1 is 1.03 bits per heavy atom. The highest BCUT2D eigenvalue weighted by atomic mass is 32.1. The molecule has 8 heteroatoms. The maximum atomic E-state index is 13.6. The van der Waals surface area contributed by atoms with E-state index in [1.807, 2.05) is 25.1 Å². The number of aromatic nitrogens is 3. The highest BCUT2D eigenvalue weighted by Gasteiger charge is 2.31. The molecule has 1 aliphatic rings. The monoisotopic (exact) mass is 451 g/mol. The van der Waals surface area contributed by atoms with Crippen LogP contribution in [-0.4, -0.2) is 55.7 Å². The minimum atomic E-state index is -0.264. The molecule has 1 aliphatic heterocycles. The van der Waals surface area contributed by atoms with E-state index < -0.39 is 0 Å². The number of benzene rings is 2. The minimum absolute atomic E-state index is 0.123. The summed E-state index contributed by atoms with van der Waals surface area (Å²) in [5.41, 5.74) is 2.27.